The van der Waals surface area contributed by atoms with E-state index in [9.17, 15) is 5.26 Å². The summed E-state index contributed by atoms with van der Waals surface area (Å²) in [7, 11) is 0. The molecule has 0 spiro atoms. The number of aryl methyl sites for hydroxylation is 1. The first-order chi connectivity index (χ1) is 14.5. The van der Waals surface area contributed by atoms with Crippen molar-refractivity contribution in [3.8, 4) is 17.2 Å². The first kappa shape index (κ1) is 21.9. The molecule has 0 radical (unpaired) electrons. The molecule has 0 bridgehead atoms. The van der Waals surface area contributed by atoms with Crippen LogP contribution < -0.4 is 10.6 Å². The van der Waals surface area contributed by atoms with Crippen LogP contribution in [0.3, 0.4) is 0 Å². The Morgan fingerprint density at radius 1 is 1.13 bits per heavy atom. The molecular formula is C28H34N2. The number of nitriles is 1. The molecule has 2 nitrogen and oxygen atoms in total. The lowest BCUT2D eigenvalue weighted by Crippen LogP contribution is -2.32. The van der Waals surface area contributed by atoms with Crippen molar-refractivity contribution in [2.75, 3.05) is 0 Å². The van der Waals surface area contributed by atoms with Crippen LogP contribution in [-0.2, 0) is 0 Å². The Morgan fingerprint density at radius 3 is 2.47 bits per heavy atom. The number of allylic oxidation sites excluding steroid dienone is 2. The predicted molar refractivity (Wildman–Crippen MR) is 129 cm³/mol. The van der Waals surface area contributed by atoms with Crippen molar-refractivity contribution in [2.24, 2.45) is 11.8 Å². The van der Waals surface area contributed by atoms with Crippen LogP contribution in [0.5, 0.6) is 0 Å². The molecule has 0 fully saturated rings. The van der Waals surface area contributed by atoms with Gasteiger partial charge < -0.3 is 4.57 Å². The third kappa shape index (κ3) is 4.68. The van der Waals surface area contributed by atoms with Crippen LogP contribution in [0.25, 0.3) is 29.4 Å². The van der Waals surface area contributed by atoms with E-state index in [0.717, 1.165) is 25.7 Å². The number of nitrogens with zero attached hydrogens (tertiary/aromatic N) is 2. The summed E-state index contributed by atoms with van der Waals surface area (Å²) in [4.78, 5) is 0. The van der Waals surface area contributed by atoms with Gasteiger partial charge in [-0.2, -0.15) is 5.26 Å². The molecule has 1 aromatic heterocycles. The van der Waals surface area contributed by atoms with E-state index in [1.807, 2.05) is 6.08 Å². The number of fused-ring (bicyclic) bond motifs is 1. The third-order valence-corrected chi connectivity index (χ3v) is 5.90. The van der Waals surface area contributed by atoms with Crippen molar-refractivity contribution in [2.45, 2.75) is 59.4 Å². The summed E-state index contributed by atoms with van der Waals surface area (Å²) in [6.45, 7) is 12.7. The minimum Gasteiger partial charge on any atom is -0.338 e. The van der Waals surface area contributed by atoms with Gasteiger partial charge in [-0.15, -0.1) is 6.58 Å². The fourth-order valence-electron chi connectivity index (χ4n) is 4.44. The standard InChI is InChI=1S/C28H34N2/c1-6-9-23(19-29)18-22(5)14-17-27-28(24-15-12-21(4)13-16-24)25-10-7-8-11-26(25)30(27)20(2)3/h6,10-17,20,22-23H,1,7-9,18H2,2-5H3/b17-14+. The molecule has 1 aliphatic rings. The molecule has 0 aliphatic heterocycles. The molecule has 0 saturated carbocycles. The van der Waals surface area contributed by atoms with Gasteiger partial charge in [0.05, 0.1) is 12.0 Å². The Kier molecular flexibility index (Phi) is 7.16. The quantitative estimate of drug-likeness (QED) is 0.490. The smallest absolute Gasteiger partial charge is 0.0659 e. The molecule has 30 heavy (non-hydrogen) atoms. The molecule has 1 aliphatic carbocycles. The van der Waals surface area contributed by atoms with Crippen LogP contribution in [0.1, 0.15) is 63.8 Å². The van der Waals surface area contributed by atoms with Crippen LogP contribution in [0.2, 0.25) is 0 Å². The highest BCUT2D eigenvalue weighted by Gasteiger charge is 2.18. The highest BCUT2D eigenvalue weighted by molar-refractivity contribution is 5.76. The lowest BCUT2D eigenvalue weighted by atomic mass is 9.93. The van der Waals surface area contributed by atoms with E-state index < -0.39 is 0 Å². The Labute approximate surface area is 181 Å². The van der Waals surface area contributed by atoms with Gasteiger partial charge in [0.2, 0.25) is 0 Å². The fraction of sp³-hybridized carbons (Fsp3) is 0.393. The number of rotatable bonds is 8. The van der Waals surface area contributed by atoms with Gasteiger partial charge in [0.1, 0.15) is 0 Å². The zero-order chi connectivity index (χ0) is 21.7. The van der Waals surface area contributed by atoms with E-state index in [0.29, 0.717) is 12.0 Å². The van der Waals surface area contributed by atoms with Crippen LogP contribution in [0.15, 0.2) is 43.0 Å². The highest BCUT2D eigenvalue weighted by atomic mass is 15.0. The average Bonchev–Trinajstić information content (AvgIpc) is 3.07. The maximum absolute atomic E-state index is 9.40. The third-order valence-electron chi connectivity index (χ3n) is 5.90. The van der Waals surface area contributed by atoms with Crippen molar-refractivity contribution in [1.82, 2.24) is 4.57 Å². The summed E-state index contributed by atoms with van der Waals surface area (Å²) in [5.41, 5.74) is 5.16. The van der Waals surface area contributed by atoms with Gasteiger partial charge in [-0.1, -0.05) is 61.1 Å². The Hall–Kier alpha value is -2.79. The highest BCUT2D eigenvalue weighted by Crippen LogP contribution is 2.26. The molecule has 2 atom stereocenters. The van der Waals surface area contributed by atoms with Gasteiger partial charge in [0, 0.05) is 27.9 Å². The molecule has 0 amide bonds. The fourth-order valence-corrected chi connectivity index (χ4v) is 4.44. The minimum atomic E-state index is 0.0328. The number of hydrogen-bond acceptors (Lipinski definition) is 1. The van der Waals surface area contributed by atoms with Crippen molar-refractivity contribution >= 4 is 18.2 Å². The first-order valence-corrected chi connectivity index (χ1v) is 11.2. The summed E-state index contributed by atoms with van der Waals surface area (Å²) in [6.07, 6.45) is 15.0. The molecular weight excluding hydrogens is 364 g/mol. The number of benzene rings is 1. The summed E-state index contributed by atoms with van der Waals surface area (Å²) in [5.74, 6) is 0.367. The summed E-state index contributed by atoms with van der Waals surface area (Å²) in [5, 5.41) is 12.1. The molecule has 2 heteroatoms. The van der Waals surface area contributed by atoms with Gasteiger partial charge in [0.25, 0.3) is 0 Å². The topological polar surface area (TPSA) is 28.7 Å². The van der Waals surface area contributed by atoms with Crippen LogP contribution in [-0.4, -0.2) is 4.57 Å². The molecule has 3 rings (SSSR count). The minimum absolute atomic E-state index is 0.0328. The second-order valence-corrected chi connectivity index (χ2v) is 8.80. The largest absolute Gasteiger partial charge is 0.338 e. The zero-order valence-corrected chi connectivity index (χ0v) is 18.9. The number of aromatic nitrogens is 1. The van der Waals surface area contributed by atoms with Crippen LogP contribution in [0.4, 0.5) is 0 Å². The monoisotopic (exact) mass is 398 g/mol. The first-order valence-electron chi connectivity index (χ1n) is 11.2. The maximum Gasteiger partial charge on any atom is 0.0659 e. The maximum atomic E-state index is 9.40. The lowest BCUT2D eigenvalue weighted by molar-refractivity contribution is 0.524. The van der Waals surface area contributed by atoms with Crippen molar-refractivity contribution in [1.29, 1.82) is 5.26 Å². The Morgan fingerprint density at radius 2 is 1.83 bits per heavy atom. The van der Waals surface area contributed by atoms with Gasteiger partial charge in [-0.25, -0.2) is 0 Å². The van der Waals surface area contributed by atoms with Gasteiger partial charge in [0.15, 0.2) is 0 Å². The van der Waals surface area contributed by atoms with E-state index >= 15 is 0 Å². The van der Waals surface area contributed by atoms with Gasteiger partial charge in [-0.05, 0) is 64.0 Å². The molecule has 156 valence electrons. The van der Waals surface area contributed by atoms with E-state index in [4.69, 9.17) is 0 Å². The average molecular weight is 399 g/mol. The summed E-state index contributed by atoms with van der Waals surface area (Å²) in [6, 6.07) is 11.7. The van der Waals surface area contributed by atoms with Crippen molar-refractivity contribution < 1.29 is 0 Å². The molecule has 2 unspecified atom stereocenters. The van der Waals surface area contributed by atoms with Gasteiger partial charge >= 0.3 is 0 Å². The summed E-state index contributed by atoms with van der Waals surface area (Å²) >= 11 is 0. The van der Waals surface area contributed by atoms with Crippen molar-refractivity contribution in [3.05, 3.63) is 64.8 Å². The van der Waals surface area contributed by atoms with E-state index in [2.05, 4.69) is 93.5 Å². The molecule has 0 saturated heterocycles. The molecule has 1 heterocycles. The second kappa shape index (κ2) is 9.81. The number of hydrogen-bond donors (Lipinski definition) is 0. The molecule has 2 aromatic rings. The molecule has 0 N–H and O–H groups in total. The Balaban J connectivity index is 2.11. The van der Waals surface area contributed by atoms with E-state index in [1.54, 1.807) is 0 Å². The van der Waals surface area contributed by atoms with E-state index in [-0.39, 0.29) is 5.92 Å². The Bertz CT molecular complexity index is 1070. The van der Waals surface area contributed by atoms with Crippen LogP contribution >= 0.6 is 0 Å². The predicted octanol–water partition coefficient (Wildman–Crippen LogP) is 6.15. The van der Waals surface area contributed by atoms with E-state index in [1.165, 1.54) is 33.0 Å². The van der Waals surface area contributed by atoms with Gasteiger partial charge in [-0.3, -0.25) is 0 Å². The summed E-state index contributed by atoms with van der Waals surface area (Å²) < 4.78 is 2.48. The van der Waals surface area contributed by atoms with Crippen molar-refractivity contribution in [3.63, 3.8) is 0 Å². The van der Waals surface area contributed by atoms with Crippen LogP contribution in [0, 0.1) is 30.1 Å². The SMILES string of the molecule is C=CCC(C#N)CC(C)/C=C/c1c(-c2ccc(C)cc2)c2c(n1C(C)C)=CCCC=2. The lowest BCUT2D eigenvalue weighted by Gasteiger charge is -2.15. The normalized spacial score (nSPS) is 15.2. The zero-order valence-electron chi connectivity index (χ0n) is 18.9. The molecule has 1 aromatic carbocycles. The second-order valence-electron chi connectivity index (χ2n) is 8.80.